The summed E-state index contributed by atoms with van der Waals surface area (Å²) in [6, 6.07) is 4.33. The molecule has 1 unspecified atom stereocenters. The number of unbranched alkanes of at least 4 members (excludes halogenated alkanes) is 1. The lowest BCUT2D eigenvalue weighted by Gasteiger charge is -2.11. The van der Waals surface area contributed by atoms with E-state index in [-0.39, 0.29) is 6.61 Å². The fraction of sp³-hybridized carbons (Fsp3) is 0.636. The van der Waals surface area contributed by atoms with Crippen LogP contribution in [0.2, 0.25) is 0 Å². The largest absolute Gasteiger partial charge is 0.469 e. The molecular weight excluding hydrogens is 178 g/mol. The molecule has 1 rings (SSSR count). The molecule has 3 nitrogen and oxygen atoms in total. The lowest BCUT2D eigenvalue weighted by atomic mass is 10.2. The molecular formula is C11H19NO2. The first-order valence-corrected chi connectivity index (χ1v) is 5.19. The zero-order chi connectivity index (χ0) is 10.2. The molecule has 80 valence electrons. The molecule has 0 aliphatic carbocycles. The number of furan rings is 1. The summed E-state index contributed by atoms with van der Waals surface area (Å²) in [7, 11) is 0. The normalized spacial score (nSPS) is 13.0. The number of hydrogen-bond acceptors (Lipinski definition) is 3. The Morgan fingerprint density at radius 1 is 1.50 bits per heavy atom. The number of nitrogens with one attached hydrogen (secondary N) is 1. The third-order valence-corrected chi connectivity index (χ3v) is 2.17. The van der Waals surface area contributed by atoms with Crippen LogP contribution < -0.4 is 5.32 Å². The van der Waals surface area contributed by atoms with Crippen molar-refractivity contribution in [1.82, 2.24) is 5.32 Å². The van der Waals surface area contributed by atoms with Gasteiger partial charge in [0.1, 0.15) is 5.76 Å². The maximum atomic E-state index is 8.60. The average molecular weight is 197 g/mol. The topological polar surface area (TPSA) is 45.4 Å². The van der Waals surface area contributed by atoms with E-state index in [2.05, 4.69) is 12.2 Å². The molecule has 1 heterocycles. The van der Waals surface area contributed by atoms with Crippen molar-refractivity contribution in [2.45, 2.75) is 32.2 Å². The van der Waals surface area contributed by atoms with Gasteiger partial charge in [0.2, 0.25) is 0 Å². The van der Waals surface area contributed by atoms with Gasteiger partial charge < -0.3 is 14.8 Å². The fourth-order valence-corrected chi connectivity index (χ4v) is 1.39. The van der Waals surface area contributed by atoms with Gasteiger partial charge in [-0.1, -0.05) is 0 Å². The molecule has 1 atom stereocenters. The minimum absolute atomic E-state index is 0.286. The van der Waals surface area contributed by atoms with E-state index in [1.54, 1.807) is 6.26 Å². The van der Waals surface area contributed by atoms with E-state index in [0.717, 1.165) is 31.6 Å². The molecule has 0 saturated heterocycles. The molecule has 0 amide bonds. The van der Waals surface area contributed by atoms with Gasteiger partial charge in [-0.2, -0.15) is 0 Å². The zero-order valence-electron chi connectivity index (χ0n) is 8.70. The van der Waals surface area contributed by atoms with Crippen LogP contribution in [-0.2, 0) is 6.42 Å². The van der Waals surface area contributed by atoms with Gasteiger partial charge in [-0.3, -0.25) is 0 Å². The molecule has 0 saturated carbocycles. The van der Waals surface area contributed by atoms with Crippen molar-refractivity contribution < 1.29 is 9.52 Å². The van der Waals surface area contributed by atoms with Gasteiger partial charge in [-0.25, -0.2) is 0 Å². The molecule has 0 aromatic carbocycles. The Bertz CT molecular complexity index is 221. The third-order valence-electron chi connectivity index (χ3n) is 2.17. The zero-order valence-corrected chi connectivity index (χ0v) is 8.70. The van der Waals surface area contributed by atoms with Crippen LogP contribution in [0.5, 0.6) is 0 Å². The molecule has 0 bridgehead atoms. The Morgan fingerprint density at radius 2 is 2.36 bits per heavy atom. The standard InChI is InChI=1S/C11H19NO2/c1-10(12-6-2-3-7-13)9-11-5-4-8-14-11/h4-5,8,10,12-13H,2-3,6-7,9H2,1H3. The highest BCUT2D eigenvalue weighted by molar-refractivity contribution is 4.99. The van der Waals surface area contributed by atoms with Gasteiger partial charge >= 0.3 is 0 Å². The van der Waals surface area contributed by atoms with E-state index in [9.17, 15) is 0 Å². The average Bonchev–Trinajstić information content (AvgIpc) is 2.65. The summed E-state index contributed by atoms with van der Waals surface area (Å²) in [4.78, 5) is 0. The predicted molar refractivity (Wildman–Crippen MR) is 56.2 cm³/mol. The summed E-state index contributed by atoms with van der Waals surface area (Å²) in [6.45, 7) is 3.39. The highest BCUT2D eigenvalue weighted by atomic mass is 16.3. The Hall–Kier alpha value is -0.800. The monoisotopic (exact) mass is 197 g/mol. The van der Waals surface area contributed by atoms with Gasteiger partial charge in [0.05, 0.1) is 6.26 Å². The first kappa shape index (κ1) is 11.3. The van der Waals surface area contributed by atoms with Crippen LogP contribution in [0, 0.1) is 0 Å². The summed E-state index contributed by atoms with van der Waals surface area (Å²) in [6.07, 6.45) is 4.53. The van der Waals surface area contributed by atoms with Crippen LogP contribution in [0.1, 0.15) is 25.5 Å². The molecule has 1 aromatic heterocycles. The number of hydrogen-bond donors (Lipinski definition) is 2. The van der Waals surface area contributed by atoms with Gasteiger partial charge in [-0.05, 0) is 38.4 Å². The van der Waals surface area contributed by atoms with Gasteiger partial charge in [0.25, 0.3) is 0 Å². The third kappa shape index (κ3) is 4.44. The van der Waals surface area contributed by atoms with Crippen LogP contribution in [0.15, 0.2) is 22.8 Å². The van der Waals surface area contributed by atoms with Crippen molar-refractivity contribution in [2.24, 2.45) is 0 Å². The second-order valence-corrected chi connectivity index (χ2v) is 3.57. The molecule has 0 radical (unpaired) electrons. The second-order valence-electron chi connectivity index (χ2n) is 3.57. The highest BCUT2D eigenvalue weighted by Gasteiger charge is 2.03. The molecule has 0 aliphatic rings. The van der Waals surface area contributed by atoms with Crippen LogP contribution in [0.25, 0.3) is 0 Å². The number of aliphatic hydroxyl groups excluding tert-OH is 1. The van der Waals surface area contributed by atoms with E-state index in [1.165, 1.54) is 0 Å². The van der Waals surface area contributed by atoms with E-state index < -0.39 is 0 Å². The smallest absolute Gasteiger partial charge is 0.105 e. The molecule has 14 heavy (non-hydrogen) atoms. The number of aliphatic hydroxyl groups is 1. The van der Waals surface area contributed by atoms with E-state index in [1.807, 2.05) is 12.1 Å². The SMILES string of the molecule is CC(Cc1ccco1)NCCCCO. The van der Waals surface area contributed by atoms with Crippen molar-refractivity contribution in [2.75, 3.05) is 13.2 Å². The molecule has 3 heteroatoms. The Morgan fingerprint density at radius 3 is 3.00 bits per heavy atom. The van der Waals surface area contributed by atoms with Crippen LogP contribution >= 0.6 is 0 Å². The summed E-state index contributed by atoms with van der Waals surface area (Å²) in [5.41, 5.74) is 0. The minimum Gasteiger partial charge on any atom is -0.469 e. The van der Waals surface area contributed by atoms with Gasteiger partial charge in [0, 0.05) is 19.1 Å². The molecule has 0 aliphatic heterocycles. The highest BCUT2D eigenvalue weighted by Crippen LogP contribution is 2.03. The predicted octanol–water partition coefficient (Wildman–Crippen LogP) is 1.57. The van der Waals surface area contributed by atoms with Gasteiger partial charge in [-0.15, -0.1) is 0 Å². The van der Waals surface area contributed by atoms with Crippen molar-refractivity contribution in [3.63, 3.8) is 0 Å². The molecule has 0 spiro atoms. The second kappa shape index (κ2) is 6.62. The van der Waals surface area contributed by atoms with Crippen molar-refractivity contribution in [1.29, 1.82) is 0 Å². The van der Waals surface area contributed by atoms with Crippen LogP contribution in [-0.4, -0.2) is 24.3 Å². The fourth-order valence-electron chi connectivity index (χ4n) is 1.39. The lowest BCUT2D eigenvalue weighted by Crippen LogP contribution is -2.28. The van der Waals surface area contributed by atoms with Crippen molar-refractivity contribution in [3.05, 3.63) is 24.2 Å². The van der Waals surface area contributed by atoms with Gasteiger partial charge in [0.15, 0.2) is 0 Å². The summed E-state index contributed by atoms with van der Waals surface area (Å²) >= 11 is 0. The maximum absolute atomic E-state index is 8.60. The van der Waals surface area contributed by atoms with Crippen molar-refractivity contribution >= 4 is 0 Å². The Labute approximate surface area is 85.1 Å². The maximum Gasteiger partial charge on any atom is 0.105 e. The van der Waals surface area contributed by atoms with Crippen molar-refractivity contribution in [3.8, 4) is 0 Å². The Kier molecular flexibility index (Phi) is 5.33. The van der Waals surface area contributed by atoms with Crippen LogP contribution in [0.4, 0.5) is 0 Å². The first-order valence-electron chi connectivity index (χ1n) is 5.19. The van der Waals surface area contributed by atoms with Crippen LogP contribution in [0.3, 0.4) is 0 Å². The number of rotatable bonds is 7. The Balaban J connectivity index is 2.07. The summed E-state index contributed by atoms with van der Waals surface area (Å²) in [5, 5.41) is 12.0. The lowest BCUT2D eigenvalue weighted by molar-refractivity contribution is 0.282. The van der Waals surface area contributed by atoms with E-state index in [0.29, 0.717) is 6.04 Å². The summed E-state index contributed by atoms with van der Waals surface area (Å²) in [5.74, 6) is 1.02. The molecule has 2 N–H and O–H groups in total. The molecule has 1 aromatic rings. The van der Waals surface area contributed by atoms with E-state index in [4.69, 9.17) is 9.52 Å². The molecule has 0 fully saturated rings. The van der Waals surface area contributed by atoms with E-state index >= 15 is 0 Å². The minimum atomic E-state index is 0.286. The summed E-state index contributed by atoms with van der Waals surface area (Å²) < 4.78 is 5.25. The first-order chi connectivity index (χ1) is 6.83. The quantitative estimate of drug-likeness (QED) is 0.652.